The van der Waals surface area contributed by atoms with Crippen molar-refractivity contribution in [2.75, 3.05) is 17.7 Å². The van der Waals surface area contributed by atoms with Crippen molar-refractivity contribution in [1.82, 2.24) is 0 Å². The van der Waals surface area contributed by atoms with Crippen LogP contribution in [0.3, 0.4) is 0 Å². The fourth-order valence-corrected chi connectivity index (χ4v) is 2.14. The van der Waals surface area contributed by atoms with Gasteiger partial charge in [-0.25, -0.2) is 0 Å². The average Bonchev–Trinajstić information content (AvgIpc) is 2.37. The number of carbonyl (C=O) groups is 1. The molecule has 0 aromatic heterocycles. The molecule has 20 heavy (non-hydrogen) atoms. The van der Waals surface area contributed by atoms with Gasteiger partial charge >= 0.3 is 0 Å². The summed E-state index contributed by atoms with van der Waals surface area (Å²) in [7, 11) is 0. The number of aryl methyl sites for hydroxylation is 1. The smallest absolute Gasteiger partial charge is 0.262 e. The van der Waals surface area contributed by atoms with Gasteiger partial charge in [0.2, 0.25) is 0 Å². The van der Waals surface area contributed by atoms with E-state index < -0.39 is 0 Å². The lowest BCUT2D eigenvalue weighted by atomic mass is 10.2. The molecule has 3 N–H and O–H groups in total. The molecule has 0 aliphatic rings. The van der Waals surface area contributed by atoms with Gasteiger partial charge in [-0.2, -0.15) is 0 Å². The zero-order valence-corrected chi connectivity index (χ0v) is 12.6. The summed E-state index contributed by atoms with van der Waals surface area (Å²) in [4.78, 5) is 11.8. The van der Waals surface area contributed by atoms with E-state index in [0.29, 0.717) is 11.4 Å². The maximum atomic E-state index is 11.8. The molecule has 2 aromatic rings. The minimum Gasteiger partial charge on any atom is -0.483 e. The molecule has 0 saturated carbocycles. The van der Waals surface area contributed by atoms with Crippen LogP contribution < -0.4 is 15.8 Å². The number of nitrogen functional groups attached to an aromatic ring is 1. The zero-order valence-electron chi connectivity index (χ0n) is 11.0. The number of carbonyl (C=O) groups excluding carboxylic acids is 1. The molecule has 0 saturated heterocycles. The number of benzene rings is 2. The molecule has 0 heterocycles. The molecule has 4 nitrogen and oxygen atoms in total. The van der Waals surface area contributed by atoms with Gasteiger partial charge in [-0.05, 0) is 48.9 Å². The van der Waals surface area contributed by atoms with Crippen molar-refractivity contribution in [2.24, 2.45) is 0 Å². The molecule has 0 aliphatic heterocycles. The molecule has 0 bridgehead atoms. The third kappa shape index (κ3) is 3.99. The largest absolute Gasteiger partial charge is 0.483 e. The summed E-state index contributed by atoms with van der Waals surface area (Å²) in [5.41, 5.74) is 7.96. The number of amides is 1. The number of anilines is 2. The molecule has 2 rings (SSSR count). The summed E-state index contributed by atoms with van der Waals surface area (Å²) in [6.07, 6.45) is 0. The van der Waals surface area contributed by atoms with E-state index in [0.717, 1.165) is 15.7 Å². The molecular weight excluding hydrogens is 320 g/mol. The van der Waals surface area contributed by atoms with E-state index in [1.54, 1.807) is 12.1 Å². The number of nitrogens with one attached hydrogen (secondary N) is 1. The number of ether oxygens (including phenoxy) is 1. The van der Waals surface area contributed by atoms with Gasteiger partial charge in [-0.1, -0.05) is 22.0 Å². The van der Waals surface area contributed by atoms with Crippen molar-refractivity contribution in [2.45, 2.75) is 6.92 Å². The Morgan fingerprint density at radius 3 is 2.80 bits per heavy atom. The summed E-state index contributed by atoms with van der Waals surface area (Å²) >= 11 is 3.35. The van der Waals surface area contributed by atoms with Crippen LogP contribution in [0.1, 0.15) is 5.56 Å². The predicted octanol–water partition coefficient (Wildman–Crippen LogP) is 3.36. The summed E-state index contributed by atoms with van der Waals surface area (Å²) in [5.74, 6) is 0.447. The van der Waals surface area contributed by atoms with Crippen LogP contribution in [0.15, 0.2) is 46.9 Å². The first kappa shape index (κ1) is 14.4. The van der Waals surface area contributed by atoms with E-state index in [1.807, 2.05) is 37.3 Å². The quantitative estimate of drug-likeness (QED) is 0.842. The van der Waals surface area contributed by atoms with Gasteiger partial charge in [0.05, 0.1) is 0 Å². The number of hydrogen-bond acceptors (Lipinski definition) is 3. The molecule has 0 aliphatic carbocycles. The Balaban J connectivity index is 1.92. The highest BCUT2D eigenvalue weighted by Crippen LogP contribution is 2.20. The molecule has 2 aromatic carbocycles. The van der Waals surface area contributed by atoms with E-state index in [2.05, 4.69) is 21.2 Å². The first-order chi connectivity index (χ1) is 9.54. The Morgan fingerprint density at radius 1 is 1.30 bits per heavy atom. The van der Waals surface area contributed by atoms with E-state index in [4.69, 9.17) is 10.5 Å². The molecule has 0 fully saturated rings. The number of hydrogen-bond donors (Lipinski definition) is 2. The molecule has 1 amide bonds. The van der Waals surface area contributed by atoms with Gasteiger partial charge in [-0.15, -0.1) is 0 Å². The normalized spacial score (nSPS) is 10.1. The highest BCUT2D eigenvalue weighted by atomic mass is 79.9. The SMILES string of the molecule is Cc1cc(N)ccc1OCC(=O)Nc1cccc(Br)c1. The molecule has 104 valence electrons. The summed E-state index contributed by atoms with van der Waals surface area (Å²) in [6.45, 7) is 1.84. The zero-order chi connectivity index (χ0) is 14.5. The third-order valence-corrected chi connectivity index (χ3v) is 3.16. The van der Waals surface area contributed by atoms with Crippen LogP contribution in [-0.4, -0.2) is 12.5 Å². The second-order valence-corrected chi connectivity index (χ2v) is 5.29. The van der Waals surface area contributed by atoms with Crippen molar-refractivity contribution < 1.29 is 9.53 Å². The lowest BCUT2D eigenvalue weighted by molar-refractivity contribution is -0.118. The van der Waals surface area contributed by atoms with Crippen molar-refractivity contribution in [1.29, 1.82) is 0 Å². The summed E-state index contributed by atoms with van der Waals surface area (Å²) in [6, 6.07) is 12.7. The van der Waals surface area contributed by atoms with Crippen LogP contribution >= 0.6 is 15.9 Å². The second-order valence-electron chi connectivity index (χ2n) is 4.37. The highest BCUT2D eigenvalue weighted by molar-refractivity contribution is 9.10. The molecule has 0 atom stereocenters. The molecule has 0 radical (unpaired) electrons. The Hall–Kier alpha value is -2.01. The minimum atomic E-state index is -0.209. The van der Waals surface area contributed by atoms with Crippen molar-refractivity contribution in [3.05, 3.63) is 52.5 Å². The van der Waals surface area contributed by atoms with E-state index in [-0.39, 0.29) is 12.5 Å². The minimum absolute atomic E-state index is 0.0444. The lowest BCUT2D eigenvalue weighted by Crippen LogP contribution is -2.20. The Labute approximate surface area is 126 Å². The third-order valence-electron chi connectivity index (χ3n) is 2.67. The Kier molecular flexibility index (Phi) is 4.63. The monoisotopic (exact) mass is 334 g/mol. The molecule has 0 spiro atoms. The van der Waals surface area contributed by atoms with Crippen LogP contribution in [0.5, 0.6) is 5.75 Å². The fourth-order valence-electron chi connectivity index (χ4n) is 1.74. The average molecular weight is 335 g/mol. The van der Waals surface area contributed by atoms with Gasteiger partial charge in [0.25, 0.3) is 5.91 Å². The number of rotatable bonds is 4. The lowest BCUT2D eigenvalue weighted by Gasteiger charge is -2.10. The van der Waals surface area contributed by atoms with Gasteiger partial charge in [0.1, 0.15) is 5.75 Å². The summed E-state index contributed by atoms with van der Waals surface area (Å²) in [5, 5.41) is 2.77. The van der Waals surface area contributed by atoms with Crippen molar-refractivity contribution >= 4 is 33.2 Å². The van der Waals surface area contributed by atoms with Crippen LogP contribution in [0, 0.1) is 6.92 Å². The fraction of sp³-hybridized carbons (Fsp3) is 0.133. The second kappa shape index (κ2) is 6.43. The molecular formula is C15H15BrN2O2. The van der Waals surface area contributed by atoms with E-state index >= 15 is 0 Å². The van der Waals surface area contributed by atoms with E-state index in [9.17, 15) is 4.79 Å². The predicted molar refractivity (Wildman–Crippen MR) is 83.9 cm³/mol. The molecule has 5 heteroatoms. The maximum absolute atomic E-state index is 11.8. The van der Waals surface area contributed by atoms with Crippen LogP contribution in [-0.2, 0) is 4.79 Å². The number of nitrogens with two attached hydrogens (primary N) is 1. The van der Waals surface area contributed by atoms with E-state index in [1.165, 1.54) is 0 Å². The first-order valence-electron chi connectivity index (χ1n) is 6.09. The van der Waals surface area contributed by atoms with Gasteiger partial charge < -0.3 is 15.8 Å². The van der Waals surface area contributed by atoms with Crippen LogP contribution in [0.2, 0.25) is 0 Å². The first-order valence-corrected chi connectivity index (χ1v) is 6.88. The van der Waals surface area contributed by atoms with Gasteiger partial charge in [0.15, 0.2) is 6.61 Å². The van der Waals surface area contributed by atoms with Crippen molar-refractivity contribution in [3.8, 4) is 5.75 Å². The van der Waals surface area contributed by atoms with Crippen LogP contribution in [0.25, 0.3) is 0 Å². The molecule has 0 unspecified atom stereocenters. The van der Waals surface area contributed by atoms with Gasteiger partial charge in [-0.3, -0.25) is 4.79 Å². The summed E-state index contributed by atoms with van der Waals surface area (Å²) < 4.78 is 6.38. The van der Waals surface area contributed by atoms with Crippen LogP contribution in [0.4, 0.5) is 11.4 Å². The standard InChI is InChI=1S/C15H15BrN2O2/c1-10-7-12(17)5-6-14(10)20-9-15(19)18-13-4-2-3-11(16)8-13/h2-8H,9,17H2,1H3,(H,18,19). The highest BCUT2D eigenvalue weighted by Gasteiger charge is 2.06. The topological polar surface area (TPSA) is 64.3 Å². The van der Waals surface area contributed by atoms with Gasteiger partial charge in [0, 0.05) is 15.8 Å². The maximum Gasteiger partial charge on any atom is 0.262 e. The van der Waals surface area contributed by atoms with Crippen molar-refractivity contribution in [3.63, 3.8) is 0 Å². The Morgan fingerprint density at radius 2 is 2.10 bits per heavy atom. The number of halogens is 1. The Bertz CT molecular complexity index is 629.